The maximum atomic E-state index is 13.7. The maximum absolute atomic E-state index is 13.7. The molecule has 0 bridgehead atoms. The maximum Gasteiger partial charge on any atom is 0.284 e. The molecule has 9 nitrogen and oxygen atoms in total. The van der Waals surface area contributed by atoms with Gasteiger partial charge in [-0.2, -0.15) is 10.2 Å². The van der Waals surface area contributed by atoms with E-state index in [9.17, 15) is 13.6 Å². The second-order valence-corrected chi connectivity index (χ2v) is 9.32. The molecule has 0 unspecified atom stereocenters. The number of ether oxygens (including phenoxy) is 1. The van der Waals surface area contributed by atoms with E-state index in [4.69, 9.17) is 4.74 Å². The van der Waals surface area contributed by atoms with Gasteiger partial charge in [0.2, 0.25) is 0 Å². The van der Waals surface area contributed by atoms with Gasteiger partial charge in [-0.25, -0.2) is 18.3 Å². The lowest BCUT2D eigenvalue weighted by Crippen LogP contribution is -2.41. The van der Waals surface area contributed by atoms with Crippen molar-refractivity contribution >= 4 is 23.1 Å². The Morgan fingerprint density at radius 1 is 1.24 bits per heavy atom. The highest BCUT2D eigenvalue weighted by Crippen LogP contribution is 2.34. The zero-order chi connectivity index (χ0) is 23.8. The van der Waals surface area contributed by atoms with Crippen molar-refractivity contribution in [1.82, 2.24) is 24.4 Å². The van der Waals surface area contributed by atoms with Crippen LogP contribution >= 0.6 is 0 Å². The molecule has 182 valence electrons. The molecule has 4 heterocycles. The van der Waals surface area contributed by atoms with Gasteiger partial charge < -0.3 is 15.0 Å². The second-order valence-electron chi connectivity index (χ2n) is 9.32. The molecule has 1 N–H and O–H groups in total. The number of morpholine rings is 1. The van der Waals surface area contributed by atoms with E-state index in [0.717, 1.165) is 25.7 Å². The van der Waals surface area contributed by atoms with Gasteiger partial charge in [0.1, 0.15) is 11.4 Å². The fraction of sp³-hybridized carbons (Fsp3) is 0.565. The lowest BCUT2D eigenvalue weighted by Gasteiger charge is -2.31. The third-order valence-electron chi connectivity index (χ3n) is 6.74. The second kappa shape index (κ2) is 9.28. The number of alkyl halides is 2. The van der Waals surface area contributed by atoms with Gasteiger partial charge in [-0.15, -0.1) is 0 Å². The quantitative estimate of drug-likeness (QED) is 0.600. The average Bonchev–Trinajstić information content (AvgIpc) is 3.43. The highest BCUT2D eigenvalue weighted by Gasteiger charge is 2.27. The van der Waals surface area contributed by atoms with Crippen LogP contribution < -0.4 is 10.2 Å². The van der Waals surface area contributed by atoms with E-state index in [1.165, 1.54) is 16.9 Å². The summed E-state index contributed by atoms with van der Waals surface area (Å²) in [5.41, 5.74) is 0.180. The molecule has 1 aliphatic carbocycles. The number of hydrogen-bond acceptors (Lipinski definition) is 6. The molecule has 1 saturated carbocycles. The number of carbonyl (C=O) groups is 1. The summed E-state index contributed by atoms with van der Waals surface area (Å²) >= 11 is 0. The van der Waals surface area contributed by atoms with Crippen molar-refractivity contribution < 1.29 is 18.3 Å². The number of fused-ring (bicyclic) bond motifs is 1. The number of carbonyl (C=O) groups excluding carboxylic acids is 1. The van der Waals surface area contributed by atoms with E-state index >= 15 is 0 Å². The Morgan fingerprint density at radius 3 is 2.76 bits per heavy atom. The summed E-state index contributed by atoms with van der Waals surface area (Å²) in [6.07, 6.45) is 5.80. The van der Waals surface area contributed by atoms with Gasteiger partial charge in [-0.1, -0.05) is 6.92 Å². The van der Waals surface area contributed by atoms with E-state index < -0.39 is 18.0 Å². The van der Waals surface area contributed by atoms with E-state index in [0.29, 0.717) is 37.1 Å². The number of aromatic nitrogens is 5. The summed E-state index contributed by atoms with van der Waals surface area (Å²) in [4.78, 5) is 19.8. The molecule has 0 radical (unpaired) electrons. The van der Waals surface area contributed by atoms with Crippen molar-refractivity contribution in [2.45, 2.75) is 58.1 Å². The molecule has 2 aliphatic rings. The summed E-state index contributed by atoms with van der Waals surface area (Å²) in [5.74, 6) is 0.799. The zero-order valence-corrected chi connectivity index (χ0v) is 19.3. The van der Waals surface area contributed by atoms with Crippen molar-refractivity contribution in [1.29, 1.82) is 0 Å². The Bertz CT molecular complexity index is 1170. The summed E-state index contributed by atoms with van der Waals surface area (Å²) in [6, 6.07) is 1.90. The molecule has 11 heteroatoms. The molecule has 1 amide bonds. The van der Waals surface area contributed by atoms with Crippen LogP contribution in [-0.2, 0) is 4.74 Å². The Labute approximate surface area is 196 Å². The molecule has 1 saturated heterocycles. The van der Waals surface area contributed by atoms with Gasteiger partial charge in [-0.3, -0.25) is 9.48 Å². The van der Waals surface area contributed by atoms with E-state index in [-0.39, 0.29) is 23.4 Å². The highest BCUT2D eigenvalue weighted by molar-refractivity contribution is 6.08. The molecular weight excluding hydrogens is 444 g/mol. The van der Waals surface area contributed by atoms with E-state index in [2.05, 4.69) is 32.3 Å². The summed E-state index contributed by atoms with van der Waals surface area (Å²) in [6.45, 7) is 6.18. The molecule has 1 atom stereocenters. The fourth-order valence-corrected chi connectivity index (χ4v) is 4.77. The Kier molecular flexibility index (Phi) is 6.20. The van der Waals surface area contributed by atoms with Crippen molar-refractivity contribution in [3.05, 3.63) is 35.9 Å². The number of amides is 1. The van der Waals surface area contributed by atoms with Crippen molar-refractivity contribution in [2.75, 3.05) is 29.9 Å². The first kappa shape index (κ1) is 22.7. The largest absolute Gasteiger partial charge is 0.375 e. The van der Waals surface area contributed by atoms with Crippen LogP contribution in [0.3, 0.4) is 0 Å². The van der Waals surface area contributed by atoms with Crippen molar-refractivity contribution in [3.63, 3.8) is 0 Å². The molecule has 3 aromatic rings. The number of halogens is 2. The molecule has 2 fully saturated rings. The van der Waals surface area contributed by atoms with Crippen LogP contribution in [0.15, 0.2) is 24.7 Å². The number of rotatable bonds is 5. The molecule has 0 aromatic carbocycles. The first-order valence-corrected chi connectivity index (χ1v) is 11.8. The number of nitrogens with zero attached hydrogens (tertiary/aromatic N) is 6. The van der Waals surface area contributed by atoms with Crippen LogP contribution in [0.5, 0.6) is 0 Å². The highest BCUT2D eigenvalue weighted by atomic mass is 19.3. The van der Waals surface area contributed by atoms with Gasteiger partial charge in [0, 0.05) is 25.5 Å². The van der Waals surface area contributed by atoms with Gasteiger partial charge >= 0.3 is 0 Å². The molecule has 0 spiro atoms. The Hall–Kier alpha value is -3.08. The molecular formula is C23H29F2N7O2. The van der Waals surface area contributed by atoms with Crippen LogP contribution in [0.1, 0.15) is 68.0 Å². The Morgan fingerprint density at radius 2 is 2.03 bits per heavy atom. The standard InChI is InChI=1S/C23H29F2N7O2/c1-14-3-5-16(6-4-14)32-13-18(20(29-32)21(24)25)27-23(33)17-11-26-31-8-7-19(28-22(17)31)30-9-10-34-15(2)12-30/h7-8,11,13-16,21H,3-6,9-10,12H2,1-2H3,(H,27,33)/t14?,15-,16?/m0/s1. The normalized spacial score (nSPS) is 23.6. The van der Waals surface area contributed by atoms with Crippen LogP contribution in [-0.4, -0.2) is 56.1 Å². The number of hydrogen-bond donors (Lipinski definition) is 1. The SMILES string of the molecule is CC1CCC(n2cc(NC(=O)c3cnn4ccc(N5CCO[C@@H](C)C5)nc34)c(C(F)F)n2)CC1. The number of anilines is 2. The predicted octanol–water partition coefficient (Wildman–Crippen LogP) is 4.09. The van der Waals surface area contributed by atoms with E-state index in [1.54, 1.807) is 10.9 Å². The average molecular weight is 474 g/mol. The van der Waals surface area contributed by atoms with Gasteiger partial charge in [0.05, 0.1) is 30.6 Å². The first-order chi connectivity index (χ1) is 16.4. The van der Waals surface area contributed by atoms with Crippen LogP contribution in [0, 0.1) is 5.92 Å². The molecule has 1 aliphatic heterocycles. The van der Waals surface area contributed by atoms with Crippen molar-refractivity contribution in [3.8, 4) is 0 Å². The topological polar surface area (TPSA) is 89.6 Å². The lowest BCUT2D eigenvalue weighted by atomic mass is 9.87. The third kappa shape index (κ3) is 4.48. The Balaban J connectivity index is 1.39. The number of nitrogens with one attached hydrogen (secondary N) is 1. The minimum absolute atomic E-state index is 0.0242. The van der Waals surface area contributed by atoms with Gasteiger partial charge in [0.15, 0.2) is 11.3 Å². The summed E-state index contributed by atoms with van der Waals surface area (Å²) < 4.78 is 36.2. The zero-order valence-electron chi connectivity index (χ0n) is 19.3. The molecule has 5 rings (SSSR count). The lowest BCUT2D eigenvalue weighted by molar-refractivity contribution is 0.0529. The molecule has 3 aromatic heterocycles. The molecule has 34 heavy (non-hydrogen) atoms. The van der Waals surface area contributed by atoms with E-state index in [1.807, 2.05) is 13.0 Å². The smallest absolute Gasteiger partial charge is 0.284 e. The summed E-state index contributed by atoms with van der Waals surface area (Å²) in [7, 11) is 0. The fourth-order valence-electron chi connectivity index (χ4n) is 4.77. The summed E-state index contributed by atoms with van der Waals surface area (Å²) in [5, 5.41) is 11.0. The van der Waals surface area contributed by atoms with Gasteiger partial charge in [-0.05, 0) is 44.6 Å². The first-order valence-electron chi connectivity index (χ1n) is 11.8. The monoisotopic (exact) mass is 473 g/mol. The van der Waals surface area contributed by atoms with Crippen LogP contribution in [0.4, 0.5) is 20.3 Å². The van der Waals surface area contributed by atoms with Crippen molar-refractivity contribution in [2.24, 2.45) is 5.92 Å². The van der Waals surface area contributed by atoms with Crippen LogP contribution in [0.2, 0.25) is 0 Å². The minimum atomic E-state index is -2.80. The third-order valence-corrected chi connectivity index (χ3v) is 6.74. The predicted molar refractivity (Wildman–Crippen MR) is 122 cm³/mol. The van der Waals surface area contributed by atoms with Crippen LogP contribution in [0.25, 0.3) is 5.65 Å². The van der Waals surface area contributed by atoms with Gasteiger partial charge in [0.25, 0.3) is 12.3 Å². The minimum Gasteiger partial charge on any atom is -0.375 e.